The molecule has 1 aromatic carbocycles. The van der Waals surface area contributed by atoms with Gasteiger partial charge in [0.1, 0.15) is 0 Å². The monoisotopic (exact) mass is 293 g/mol. The maximum absolute atomic E-state index is 11.3. The standard InChI is InChI=1S/C13H15N3O3S/c1-8-12(17)15-13(20-8)16-14-7-9-4-5-10(18-2)11(6-9)19-3/h4-8H,1-3H3,(H,15,16,17)/b14-7-/t8-/m0/s1. The summed E-state index contributed by atoms with van der Waals surface area (Å²) in [5, 5.41) is 11.0. The van der Waals surface area contributed by atoms with Gasteiger partial charge in [-0.05, 0) is 30.7 Å². The number of ether oxygens (including phenoxy) is 2. The van der Waals surface area contributed by atoms with Crippen molar-refractivity contribution in [3.8, 4) is 11.5 Å². The first-order chi connectivity index (χ1) is 9.63. The Morgan fingerprint density at radius 1 is 1.30 bits per heavy atom. The number of carbonyl (C=O) groups is 1. The SMILES string of the molecule is COc1ccc(/C=N\N=C2/NC(=O)[C@H](C)S2)cc1OC. The van der Waals surface area contributed by atoms with Crippen LogP contribution in [-0.2, 0) is 4.79 Å². The molecule has 1 aliphatic rings. The third kappa shape index (κ3) is 3.30. The summed E-state index contributed by atoms with van der Waals surface area (Å²) in [6, 6.07) is 5.43. The Bertz CT molecular complexity index is 572. The summed E-state index contributed by atoms with van der Waals surface area (Å²) in [6.07, 6.45) is 1.59. The summed E-state index contributed by atoms with van der Waals surface area (Å²) < 4.78 is 10.4. The van der Waals surface area contributed by atoms with Crippen LogP contribution in [0.15, 0.2) is 28.4 Å². The van der Waals surface area contributed by atoms with Crippen molar-refractivity contribution in [1.29, 1.82) is 0 Å². The van der Waals surface area contributed by atoms with Gasteiger partial charge in [-0.1, -0.05) is 11.8 Å². The molecule has 6 nitrogen and oxygen atoms in total. The predicted octanol–water partition coefficient (Wildman–Crippen LogP) is 1.65. The molecule has 7 heteroatoms. The van der Waals surface area contributed by atoms with Crippen LogP contribution in [-0.4, -0.2) is 36.8 Å². The minimum absolute atomic E-state index is 0.0462. The molecular formula is C13H15N3O3S. The summed E-state index contributed by atoms with van der Waals surface area (Å²) in [5.41, 5.74) is 0.828. The maximum Gasteiger partial charge on any atom is 0.239 e. The summed E-state index contributed by atoms with van der Waals surface area (Å²) in [4.78, 5) is 11.3. The minimum atomic E-state index is -0.120. The van der Waals surface area contributed by atoms with E-state index in [0.29, 0.717) is 16.7 Å². The molecule has 1 saturated heterocycles. The van der Waals surface area contributed by atoms with Crippen molar-refractivity contribution < 1.29 is 14.3 Å². The van der Waals surface area contributed by atoms with Crippen molar-refractivity contribution in [2.45, 2.75) is 12.2 Å². The molecule has 0 spiro atoms. The van der Waals surface area contributed by atoms with Crippen LogP contribution < -0.4 is 14.8 Å². The first-order valence-corrected chi connectivity index (χ1v) is 6.82. The van der Waals surface area contributed by atoms with Crippen molar-refractivity contribution in [3.05, 3.63) is 23.8 Å². The zero-order valence-electron chi connectivity index (χ0n) is 11.4. The molecule has 0 unspecified atom stereocenters. The number of carbonyl (C=O) groups excluding carboxylic acids is 1. The number of nitrogens with one attached hydrogen (secondary N) is 1. The zero-order chi connectivity index (χ0) is 14.5. The average molecular weight is 293 g/mol. The normalized spacial score (nSPS) is 20.4. The smallest absolute Gasteiger partial charge is 0.239 e. The number of hydrogen-bond donors (Lipinski definition) is 1. The van der Waals surface area contributed by atoms with Gasteiger partial charge in [0.05, 0.1) is 25.7 Å². The third-order valence-corrected chi connectivity index (χ3v) is 3.63. The second-order valence-electron chi connectivity index (χ2n) is 4.01. The van der Waals surface area contributed by atoms with E-state index in [2.05, 4.69) is 15.5 Å². The second-order valence-corrected chi connectivity index (χ2v) is 5.34. The summed E-state index contributed by atoms with van der Waals surface area (Å²) in [7, 11) is 3.16. The van der Waals surface area contributed by atoms with E-state index in [0.717, 1.165) is 5.56 Å². The molecule has 106 valence electrons. The van der Waals surface area contributed by atoms with Crippen LogP contribution in [0, 0.1) is 0 Å². The Balaban J connectivity index is 2.08. The van der Waals surface area contributed by atoms with Crippen LogP contribution in [0.4, 0.5) is 0 Å². The first kappa shape index (κ1) is 14.4. The molecule has 1 fully saturated rings. The molecule has 1 aliphatic heterocycles. The lowest BCUT2D eigenvalue weighted by Gasteiger charge is -2.07. The molecule has 1 aromatic rings. The van der Waals surface area contributed by atoms with E-state index in [4.69, 9.17) is 9.47 Å². The van der Waals surface area contributed by atoms with E-state index in [-0.39, 0.29) is 11.2 Å². The van der Waals surface area contributed by atoms with Gasteiger partial charge >= 0.3 is 0 Å². The molecule has 0 aromatic heterocycles. The quantitative estimate of drug-likeness (QED) is 0.676. The fourth-order valence-electron chi connectivity index (χ4n) is 1.59. The van der Waals surface area contributed by atoms with Crippen molar-refractivity contribution in [3.63, 3.8) is 0 Å². The molecular weight excluding hydrogens is 278 g/mol. The second kappa shape index (κ2) is 6.42. The van der Waals surface area contributed by atoms with Gasteiger partial charge in [-0.25, -0.2) is 0 Å². The van der Waals surface area contributed by atoms with Gasteiger partial charge < -0.3 is 14.8 Å². The van der Waals surface area contributed by atoms with Gasteiger partial charge in [0.25, 0.3) is 0 Å². The van der Waals surface area contributed by atoms with E-state index in [1.807, 2.05) is 13.0 Å². The largest absolute Gasteiger partial charge is 0.493 e. The Labute approximate surface area is 121 Å². The highest BCUT2D eigenvalue weighted by atomic mass is 32.2. The highest BCUT2D eigenvalue weighted by Gasteiger charge is 2.25. The molecule has 0 saturated carbocycles. The molecule has 2 rings (SSSR count). The van der Waals surface area contributed by atoms with Crippen LogP contribution in [0.25, 0.3) is 0 Å². The summed E-state index contributed by atoms with van der Waals surface area (Å²) >= 11 is 1.35. The Kier molecular flexibility index (Phi) is 4.62. The fourth-order valence-corrected chi connectivity index (χ4v) is 2.34. The van der Waals surface area contributed by atoms with Crippen molar-refractivity contribution >= 4 is 29.1 Å². The Morgan fingerprint density at radius 2 is 2.05 bits per heavy atom. The number of amidine groups is 1. The number of thioether (sulfide) groups is 1. The number of nitrogens with zero attached hydrogens (tertiary/aromatic N) is 2. The molecule has 0 radical (unpaired) electrons. The number of benzene rings is 1. The molecule has 1 heterocycles. The van der Waals surface area contributed by atoms with Crippen molar-refractivity contribution in [2.24, 2.45) is 10.2 Å². The lowest BCUT2D eigenvalue weighted by molar-refractivity contribution is -0.118. The highest BCUT2D eigenvalue weighted by molar-refractivity contribution is 8.15. The van der Waals surface area contributed by atoms with E-state index in [1.54, 1.807) is 32.6 Å². The molecule has 1 N–H and O–H groups in total. The van der Waals surface area contributed by atoms with Gasteiger partial charge in [-0.15, -0.1) is 5.10 Å². The lowest BCUT2D eigenvalue weighted by Crippen LogP contribution is -2.23. The molecule has 0 aliphatic carbocycles. The summed E-state index contributed by atoms with van der Waals surface area (Å²) in [6.45, 7) is 1.82. The number of hydrogen-bond acceptors (Lipinski definition) is 6. The number of rotatable bonds is 4. The van der Waals surface area contributed by atoms with Crippen LogP contribution in [0.5, 0.6) is 11.5 Å². The Hall–Kier alpha value is -2.02. The third-order valence-electron chi connectivity index (χ3n) is 2.65. The van der Waals surface area contributed by atoms with Crippen LogP contribution >= 0.6 is 11.8 Å². The minimum Gasteiger partial charge on any atom is -0.493 e. The number of methoxy groups -OCH3 is 2. The van der Waals surface area contributed by atoms with Gasteiger partial charge in [-0.3, -0.25) is 4.79 Å². The topological polar surface area (TPSA) is 72.3 Å². The number of amides is 1. The van der Waals surface area contributed by atoms with Gasteiger partial charge in [0.15, 0.2) is 16.7 Å². The van der Waals surface area contributed by atoms with Crippen LogP contribution in [0.1, 0.15) is 12.5 Å². The summed E-state index contributed by atoms with van der Waals surface area (Å²) in [5.74, 6) is 1.24. The highest BCUT2D eigenvalue weighted by Crippen LogP contribution is 2.26. The Morgan fingerprint density at radius 3 is 2.65 bits per heavy atom. The van der Waals surface area contributed by atoms with Crippen molar-refractivity contribution in [2.75, 3.05) is 14.2 Å². The molecule has 1 amide bonds. The van der Waals surface area contributed by atoms with Gasteiger partial charge in [0.2, 0.25) is 5.91 Å². The van der Waals surface area contributed by atoms with E-state index in [1.165, 1.54) is 11.8 Å². The molecule has 0 bridgehead atoms. The van der Waals surface area contributed by atoms with Gasteiger partial charge in [-0.2, -0.15) is 5.10 Å². The fraction of sp³-hybridized carbons (Fsp3) is 0.308. The predicted molar refractivity (Wildman–Crippen MR) is 79.8 cm³/mol. The maximum atomic E-state index is 11.3. The van der Waals surface area contributed by atoms with Crippen LogP contribution in [0.3, 0.4) is 0 Å². The van der Waals surface area contributed by atoms with E-state index >= 15 is 0 Å². The first-order valence-electron chi connectivity index (χ1n) is 5.94. The molecule has 20 heavy (non-hydrogen) atoms. The van der Waals surface area contributed by atoms with E-state index < -0.39 is 0 Å². The average Bonchev–Trinajstić information content (AvgIpc) is 2.77. The van der Waals surface area contributed by atoms with Crippen LogP contribution in [0.2, 0.25) is 0 Å². The van der Waals surface area contributed by atoms with E-state index in [9.17, 15) is 4.79 Å². The van der Waals surface area contributed by atoms with Gasteiger partial charge in [0, 0.05) is 0 Å². The molecule has 1 atom stereocenters. The zero-order valence-corrected chi connectivity index (χ0v) is 12.2. The lowest BCUT2D eigenvalue weighted by atomic mass is 10.2. The van der Waals surface area contributed by atoms with Crippen molar-refractivity contribution in [1.82, 2.24) is 5.32 Å².